The molecule has 3 heterocycles. The third-order valence-electron chi connectivity index (χ3n) is 4.04. The van der Waals surface area contributed by atoms with Crippen LogP contribution in [0.2, 0.25) is 0 Å². The van der Waals surface area contributed by atoms with Crippen molar-refractivity contribution in [1.82, 2.24) is 9.97 Å². The van der Waals surface area contributed by atoms with Crippen LogP contribution in [0, 0.1) is 0 Å². The van der Waals surface area contributed by atoms with Crippen molar-refractivity contribution < 1.29 is 4.79 Å². The monoisotopic (exact) mass is 277 g/mol. The number of anilines is 1. The average Bonchev–Trinajstić information content (AvgIpc) is 2.98. The summed E-state index contributed by atoms with van der Waals surface area (Å²) in [5.74, 6) is 0.0430. The number of aromatic amines is 1. The van der Waals surface area contributed by atoms with Gasteiger partial charge in [0.15, 0.2) is 0 Å². The van der Waals surface area contributed by atoms with E-state index in [1.807, 2.05) is 35.2 Å². The van der Waals surface area contributed by atoms with Gasteiger partial charge in [0.25, 0.3) is 5.91 Å². The molecule has 2 aromatic heterocycles. The number of aryl methyl sites for hydroxylation is 1. The van der Waals surface area contributed by atoms with Crippen molar-refractivity contribution in [2.75, 3.05) is 11.4 Å². The minimum atomic E-state index is 0.0430. The summed E-state index contributed by atoms with van der Waals surface area (Å²) in [6.45, 7) is 0.767. The van der Waals surface area contributed by atoms with E-state index in [0.717, 1.165) is 36.1 Å². The van der Waals surface area contributed by atoms with Crippen molar-refractivity contribution in [2.45, 2.75) is 12.8 Å². The van der Waals surface area contributed by atoms with Crippen LogP contribution in [0.3, 0.4) is 0 Å². The number of para-hydroxylation sites is 1. The highest BCUT2D eigenvalue weighted by atomic mass is 16.2. The van der Waals surface area contributed by atoms with Crippen LogP contribution in [0.15, 0.2) is 48.8 Å². The smallest absolute Gasteiger partial charge is 0.260 e. The number of hydrogen-bond donors (Lipinski definition) is 1. The molecule has 21 heavy (non-hydrogen) atoms. The van der Waals surface area contributed by atoms with Crippen LogP contribution >= 0.6 is 0 Å². The number of benzene rings is 1. The summed E-state index contributed by atoms with van der Waals surface area (Å²) in [6, 6.07) is 11.9. The minimum Gasteiger partial charge on any atom is -0.345 e. The molecule has 0 bridgehead atoms. The molecule has 1 aliphatic heterocycles. The third-order valence-corrected chi connectivity index (χ3v) is 4.04. The zero-order valence-corrected chi connectivity index (χ0v) is 11.5. The van der Waals surface area contributed by atoms with Crippen LogP contribution < -0.4 is 4.90 Å². The van der Waals surface area contributed by atoms with Crippen LogP contribution in [-0.4, -0.2) is 22.4 Å². The van der Waals surface area contributed by atoms with Gasteiger partial charge in [-0.15, -0.1) is 0 Å². The molecule has 0 saturated heterocycles. The first-order valence-electron chi connectivity index (χ1n) is 7.16. The van der Waals surface area contributed by atoms with Gasteiger partial charge in [-0.25, -0.2) is 4.98 Å². The second-order valence-corrected chi connectivity index (χ2v) is 5.29. The predicted molar refractivity (Wildman–Crippen MR) is 82.5 cm³/mol. The Morgan fingerprint density at radius 1 is 1.19 bits per heavy atom. The molecule has 4 heteroatoms. The summed E-state index contributed by atoms with van der Waals surface area (Å²) >= 11 is 0. The topological polar surface area (TPSA) is 49.0 Å². The number of carbonyl (C=O) groups excluding carboxylic acids is 1. The van der Waals surface area contributed by atoms with E-state index in [1.54, 1.807) is 12.4 Å². The third kappa shape index (κ3) is 1.91. The fourth-order valence-electron chi connectivity index (χ4n) is 3.02. The second kappa shape index (κ2) is 4.74. The van der Waals surface area contributed by atoms with Gasteiger partial charge in [0, 0.05) is 30.0 Å². The van der Waals surface area contributed by atoms with Gasteiger partial charge in [-0.2, -0.15) is 0 Å². The van der Waals surface area contributed by atoms with Gasteiger partial charge in [0.2, 0.25) is 0 Å². The number of pyridine rings is 1. The van der Waals surface area contributed by atoms with Gasteiger partial charge >= 0.3 is 0 Å². The summed E-state index contributed by atoms with van der Waals surface area (Å²) in [7, 11) is 0. The van der Waals surface area contributed by atoms with Crippen LogP contribution in [0.4, 0.5) is 5.69 Å². The van der Waals surface area contributed by atoms with E-state index < -0.39 is 0 Å². The molecule has 0 atom stereocenters. The Labute approximate surface area is 122 Å². The number of hydrogen-bond acceptors (Lipinski definition) is 2. The highest BCUT2D eigenvalue weighted by molar-refractivity contribution is 6.13. The first-order chi connectivity index (χ1) is 10.3. The standard InChI is InChI=1S/C17H15N3O/c21-17(14-11-19-16-13(14)7-3-9-18-16)20-10-4-6-12-5-1-2-8-15(12)20/h1-3,5,7-9,11H,4,6,10H2,(H,18,19). The van der Waals surface area contributed by atoms with E-state index in [4.69, 9.17) is 0 Å². The van der Waals surface area contributed by atoms with Gasteiger partial charge in [-0.05, 0) is 36.6 Å². The van der Waals surface area contributed by atoms with Crippen LogP contribution in [0.25, 0.3) is 11.0 Å². The molecular weight excluding hydrogens is 262 g/mol. The van der Waals surface area contributed by atoms with Crippen molar-refractivity contribution in [3.8, 4) is 0 Å². The lowest BCUT2D eigenvalue weighted by Crippen LogP contribution is -2.35. The Hall–Kier alpha value is -2.62. The Morgan fingerprint density at radius 2 is 2.10 bits per heavy atom. The van der Waals surface area contributed by atoms with Crippen molar-refractivity contribution in [3.05, 3.63) is 59.9 Å². The number of nitrogens with one attached hydrogen (secondary N) is 1. The number of nitrogens with zero attached hydrogens (tertiary/aromatic N) is 2. The average molecular weight is 277 g/mol. The number of aromatic nitrogens is 2. The molecule has 0 unspecified atom stereocenters. The normalized spacial score (nSPS) is 14.2. The lowest BCUT2D eigenvalue weighted by Gasteiger charge is -2.29. The Morgan fingerprint density at radius 3 is 3.05 bits per heavy atom. The first kappa shape index (κ1) is 12.1. The van der Waals surface area contributed by atoms with Crippen molar-refractivity contribution in [2.24, 2.45) is 0 Å². The summed E-state index contributed by atoms with van der Waals surface area (Å²) < 4.78 is 0. The Kier molecular flexibility index (Phi) is 2.74. The molecule has 0 fully saturated rings. The fraction of sp³-hybridized carbons (Fsp3) is 0.176. The Balaban J connectivity index is 1.79. The molecule has 1 aromatic carbocycles. The van der Waals surface area contributed by atoms with E-state index in [9.17, 15) is 4.79 Å². The van der Waals surface area contributed by atoms with E-state index in [0.29, 0.717) is 5.56 Å². The molecule has 104 valence electrons. The fourth-order valence-corrected chi connectivity index (χ4v) is 3.02. The van der Waals surface area contributed by atoms with E-state index in [-0.39, 0.29) is 5.91 Å². The highest BCUT2D eigenvalue weighted by Gasteiger charge is 2.25. The minimum absolute atomic E-state index is 0.0430. The molecule has 0 radical (unpaired) electrons. The number of H-pyrrole nitrogens is 1. The molecule has 4 nitrogen and oxygen atoms in total. The van der Waals surface area contributed by atoms with Crippen molar-refractivity contribution >= 4 is 22.6 Å². The first-order valence-corrected chi connectivity index (χ1v) is 7.16. The maximum atomic E-state index is 12.9. The molecule has 1 N–H and O–H groups in total. The number of amides is 1. The van der Waals surface area contributed by atoms with Crippen molar-refractivity contribution in [3.63, 3.8) is 0 Å². The highest BCUT2D eigenvalue weighted by Crippen LogP contribution is 2.29. The number of rotatable bonds is 1. The van der Waals surface area contributed by atoms with Crippen molar-refractivity contribution in [1.29, 1.82) is 0 Å². The van der Waals surface area contributed by atoms with E-state index in [1.165, 1.54) is 5.56 Å². The summed E-state index contributed by atoms with van der Waals surface area (Å²) in [5, 5.41) is 0.880. The molecule has 0 aliphatic carbocycles. The zero-order chi connectivity index (χ0) is 14.2. The number of fused-ring (bicyclic) bond motifs is 2. The lowest BCUT2D eigenvalue weighted by atomic mass is 10.0. The van der Waals surface area contributed by atoms with Gasteiger partial charge in [0.05, 0.1) is 5.56 Å². The molecule has 1 aliphatic rings. The molecule has 0 spiro atoms. The molecule has 1 amide bonds. The predicted octanol–water partition coefficient (Wildman–Crippen LogP) is 3.16. The summed E-state index contributed by atoms with van der Waals surface area (Å²) in [4.78, 5) is 22.1. The lowest BCUT2D eigenvalue weighted by molar-refractivity contribution is 0.0986. The van der Waals surface area contributed by atoms with Crippen LogP contribution in [0.1, 0.15) is 22.3 Å². The zero-order valence-electron chi connectivity index (χ0n) is 11.5. The second-order valence-electron chi connectivity index (χ2n) is 5.29. The van der Waals surface area contributed by atoms with Crippen LogP contribution in [0.5, 0.6) is 0 Å². The van der Waals surface area contributed by atoms with Gasteiger partial charge in [-0.1, -0.05) is 18.2 Å². The van der Waals surface area contributed by atoms with Gasteiger partial charge in [-0.3, -0.25) is 4.79 Å². The molecular formula is C17H15N3O. The van der Waals surface area contributed by atoms with Gasteiger partial charge in [0.1, 0.15) is 5.65 Å². The largest absolute Gasteiger partial charge is 0.345 e. The summed E-state index contributed by atoms with van der Waals surface area (Å²) in [6.07, 6.45) is 5.53. The molecule has 4 rings (SSSR count). The number of carbonyl (C=O) groups is 1. The maximum absolute atomic E-state index is 12.9. The van der Waals surface area contributed by atoms with E-state index >= 15 is 0 Å². The van der Waals surface area contributed by atoms with Crippen LogP contribution in [-0.2, 0) is 6.42 Å². The SMILES string of the molecule is O=C(c1c[nH]c2ncccc12)N1CCCc2ccccc21. The Bertz CT molecular complexity index is 822. The quantitative estimate of drug-likeness (QED) is 0.742. The maximum Gasteiger partial charge on any atom is 0.260 e. The molecule has 3 aromatic rings. The summed E-state index contributed by atoms with van der Waals surface area (Å²) in [5.41, 5.74) is 3.73. The van der Waals surface area contributed by atoms with E-state index in [2.05, 4.69) is 16.0 Å². The molecule has 0 saturated carbocycles. The van der Waals surface area contributed by atoms with Gasteiger partial charge < -0.3 is 9.88 Å².